The first-order valence-corrected chi connectivity index (χ1v) is 15.7. The van der Waals surface area contributed by atoms with Crippen molar-refractivity contribution in [2.75, 3.05) is 7.05 Å². The van der Waals surface area contributed by atoms with Gasteiger partial charge in [0.15, 0.2) is 0 Å². The van der Waals surface area contributed by atoms with Gasteiger partial charge in [-0.2, -0.15) is 0 Å². The molecule has 1 unspecified atom stereocenters. The molecule has 1 atom stereocenters. The van der Waals surface area contributed by atoms with Gasteiger partial charge in [-0.1, -0.05) is 29.8 Å². The van der Waals surface area contributed by atoms with E-state index in [0.717, 1.165) is 28.0 Å². The van der Waals surface area contributed by atoms with Crippen LogP contribution in [0.15, 0.2) is 54.9 Å². The molecule has 1 fully saturated rings. The minimum atomic E-state index is -1.40. The molecule has 10 heteroatoms. The fourth-order valence-corrected chi connectivity index (χ4v) is 7.34. The van der Waals surface area contributed by atoms with E-state index >= 15 is 0 Å². The van der Waals surface area contributed by atoms with Gasteiger partial charge < -0.3 is 14.5 Å². The van der Waals surface area contributed by atoms with Gasteiger partial charge in [-0.15, -0.1) is 11.3 Å². The third-order valence-corrected chi connectivity index (χ3v) is 9.74. The normalized spacial score (nSPS) is 20.2. The highest BCUT2D eigenvalue weighted by Crippen LogP contribution is 2.47. The highest BCUT2D eigenvalue weighted by molar-refractivity contribution is 7.15. The lowest BCUT2D eigenvalue weighted by molar-refractivity contribution is 0.0144. The lowest BCUT2D eigenvalue weighted by atomic mass is 9.89. The van der Waals surface area contributed by atoms with Gasteiger partial charge in [-0.3, -0.25) is 9.78 Å². The molecule has 2 aliphatic carbocycles. The summed E-state index contributed by atoms with van der Waals surface area (Å²) >= 11 is 7.54. The quantitative estimate of drug-likeness (QED) is 0.274. The van der Waals surface area contributed by atoms with E-state index in [-0.39, 0.29) is 50.8 Å². The summed E-state index contributed by atoms with van der Waals surface area (Å²) in [6.45, 7) is 5.81. The van der Waals surface area contributed by atoms with Gasteiger partial charge in [0.1, 0.15) is 22.5 Å². The SMILES string of the molecule is CN(C(=O)OC(C)(C)C)[C@H]1CC[C@H](N(Cc2cccc(-c3ccncc3)c2)C(=O)c2sc3c(c2Cl)C(F)=CCC3F)CC1. The second kappa shape index (κ2) is 12.7. The third kappa shape index (κ3) is 6.93. The molecule has 2 amide bonds. The Morgan fingerprint density at radius 3 is 2.40 bits per heavy atom. The number of ether oxygens (including phenoxy) is 1. The Balaban J connectivity index is 1.42. The predicted molar refractivity (Wildman–Crippen MR) is 166 cm³/mol. The number of alkyl halides is 1. The smallest absolute Gasteiger partial charge is 0.410 e. The topological polar surface area (TPSA) is 62.7 Å². The van der Waals surface area contributed by atoms with Gasteiger partial charge in [0, 0.05) is 50.1 Å². The standard InChI is InChI=1S/C33H36ClF2N3O3S/c1-33(2,3)42-32(41)38(4)23-8-10-24(11-9-23)39(19-20-6-5-7-22(18-20)21-14-16-37-17-15-21)31(40)30-28(34)27-25(35)12-13-26(36)29(27)43-30/h5-7,12,14-18,23-24,26H,8-11,13,19H2,1-4H3/t23-,24-,26?. The number of allylic oxidation sites excluding steroid dienone is 1. The van der Waals surface area contributed by atoms with Crippen molar-refractivity contribution >= 4 is 40.8 Å². The predicted octanol–water partition coefficient (Wildman–Crippen LogP) is 9.01. The Morgan fingerprint density at radius 2 is 1.74 bits per heavy atom. The molecule has 1 saturated carbocycles. The van der Waals surface area contributed by atoms with E-state index in [1.807, 2.05) is 57.2 Å². The number of amides is 2. The lowest BCUT2D eigenvalue weighted by Crippen LogP contribution is -2.47. The molecule has 0 N–H and O–H groups in total. The molecule has 5 rings (SSSR count). The Hall–Kier alpha value is -3.30. The first kappa shape index (κ1) is 31.1. The first-order valence-electron chi connectivity index (χ1n) is 14.5. The molecule has 1 aromatic carbocycles. The summed E-state index contributed by atoms with van der Waals surface area (Å²) in [4.78, 5) is 34.8. The summed E-state index contributed by atoms with van der Waals surface area (Å²) in [5.41, 5.74) is 2.32. The average molecular weight is 628 g/mol. The van der Waals surface area contributed by atoms with Crippen molar-refractivity contribution in [3.05, 3.63) is 80.8 Å². The van der Waals surface area contributed by atoms with Crippen LogP contribution in [0.4, 0.5) is 13.6 Å². The molecule has 3 aromatic rings. The Bertz CT molecular complexity index is 1510. The summed E-state index contributed by atoms with van der Waals surface area (Å²) in [5.74, 6) is -0.936. The lowest BCUT2D eigenvalue weighted by Gasteiger charge is -2.40. The van der Waals surface area contributed by atoms with Crippen molar-refractivity contribution in [1.29, 1.82) is 0 Å². The molecule has 2 heterocycles. The summed E-state index contributed by atoms with van der Waals surface area (Å²) in [6.07, 6.45) is 5.46. The Morgan fingerprint density at radius 1 is 1.07 bits per heavy atom. The van der Waals surface area contributed by atoms with Crippen LogP contribution >= 0.6 is 22.9 Å². The van der Waals surface area contributed by atoms with Crippen LogP contribution in [0.5, 0.6) is 0 Å². The molecule has 228 valence electrons. The third-order valence-electron chi connectivity index (χ3n) is 7.99. The molecule has 0 saturated heterocycles. The van der Waals surface area contributed by atoms with Crippen LogP contribution in [0.1, 0.15) is 84.7 Å². The molecule has 6 nitrogen and oxygen atoms in total. The molecule has 0 radical (unpaired) electrons. The second-order valence-electron chi connectivity index (χ2n) is 12.2. The van der Waals surface area contributed by atoms with Crippen molar-refractivity contribution in [2.24, 2.45) is 0 Å². The molecular weight excluding hydrogens is 592 g/mol. The van der Waals surface area contributed by atoms with E-state index in [2.05, 4.69) is 4.98 Å². The summed E-state index contributed by atoms with van der Waals surface area (Å²) < 4.78 is 35.1. The summed E-state index contributed by atoms with van der Waals surface area (Å²) in [5, 5.41) is -0.0324. The van der Waals surface area contributed by atoms with Crippen LogP contribution in [0.25, 0.3) is 17.0 Å². The van der Waals surface area contributed by atoms with Gasteiger partial charge in [-0.25, -0.2) is 13.6 Å². The number of aromatic nitrogens is 1. The van der Waals surface area contributed by atoms with E-state index in [4.69, 9.17) is 16.3 Å². The van der Waals surface area contributed by atoms with Crippen LogP contribution in [0, 0.1) is 0 Å². The number of carbonyl (C=O) groups is 2. The number of hydrogen-bond donors (Lipinski definition) is 0. The van der Waals surface area contributed by atoms with E-state index in [1.165, 1.54) is 6.08 Å². The van der Waals surface area contributed by atoms with Gasteiger partial charge in [0.05, 0.1) is 9.90 Å². The zero-order chi connectivity index (χ0) is 30.9. The van der Waals surface area contributed by atoms with E-state index in [0.29, 0.717) is 32.2 Å². The first-order chi connectivity index (χ1) is 20.4. The van der Waals surface area contributed by atoms with Crippen molar-refractivity contribution in [3.63, 3.8) is 0 Å². The number of halogens is 3. The zero-order valence-corrected chi connectivity index (χ0v) is 26.4. The summed E-state index contributed by atoms with van der Waals surface area (Å²) in [6, 6.07) is 11.6. The van der Waals surface area contributed by atoms with Crippen LogP contribution < -0.4 is 0 Å². The molecular formula is C33H36ClF2N3O3S. The maximum Gasteiger partial charge on any atom is 0.410 e. The molecule has 0 aliphatic heterocycles. The molecule has 0 bridgehead atoms. The van der Waals surface area contributed by atoms with Crippen LogP contribution in [-0.2, 0) is 11.3 Å². The van der Waals surface area contributed by atoms with Crippen LogP contribution in [-0.4, -0.2) is 51.5 Å². The average Bonchev–Trinajstić information content (AvgIpc) is 3.35. The fourth-order valence-electron chi connectivity index (χ4n) is 5.75. The number of hydrogen-bond acceptors (Lipinski definition) is 5. The fraction of sp³-hybridized carbons (Fsp3) is 0.424. The minimum absolute atomic E-state index is 0.00362. The van der Waals surface area contributed by atoms with E-state index in [1.54, 1.807) is 29.2 Å². The summed E-state index contributed by atoms with van der Waals surface area (Å²) in [7, 11) is 1.75. The minimum Gasteiger partial charge on any atom is -0.444 e. The number of benzene rings is 1. The molecule has 2 aliphatic rings. The van der Waals surface area contributed by atoms with Gasteiger partial charge in [-0.05, 0) is 87.4 Å². The number of thiophene rings is 1. The Kier molecular flexibility index (Phi) is 9.23. The number of nitrogens with zero attached hydrogens (tertiary/aromatic N) is 3. The number of rotatable bonds is 6. The highest BCUT2D eigenvalue weighted by Gasteiger charge is 2.37. The maximum absolute atomic E-state index is 14.8. The van der Waals surface area contributed by atoms with E-state index < -0.39 is 17.6 Å². The van der Waals surface area contributed by atoms with Gasteiger partial charge in [0.2, 0.25) is 0 Å². The van der Waals surface area contributed by atoms with E-state index in [9.17, 15) is 18.4 Å². The number of pyridine rings is 1. The molecule has 0 spiro atoms. The zero-order valence-electron chi connectivity index (χ0n) is 24.8. The highest BCUT2D eigenvalue weighted by atomic mass is 35.5. The van der Waals surface area contributed by atoms with Gasteiger partial charge >= 0.3 is 6.09 Å². The van der Waals surface area contributed by atoms with Crippen molar-refractivity contribution in [1.82, 2.24) is 14.8 Å². The maximum atomic E-state index is 14.8. The van der Waals surface area contributed by atoms with Crippen molar-refractivity contribution in [3.8, 4) is 11.1 Å². The van der Waals surface area contributed by atoms with Crippen LogP contribution in [0.3, 0.4) is 0 Å². The van der Waals surface area contributed by atoms with Crippen molar-refractivity contribution < 1.29 is 23.1 Å². The molecule has 2 aromatic heterocycles. The Labute approximate surface area is 260 Å². The number of fused-ring (bicyclic) bond motifs is 1. The van der Waals surface area contributed by atoms with Gasteiger partial charge in [0.25, 0.3) is 5.91 Å². The monoisotopic (exact) mass is 627 g/mol. The largest absolute Gasteiger partial charge is 0.444 e. The van der Waals surface area contributed by atoms with Crippen LogP contribution in [0.2, 0.25) is 5.02 Å². The van der Waals surface area contributed by atoms with Crippen molar-refractivity contribution in [2.45, 2.75) is 83.3 Å². The second-order valence-corrected chi connectivity index (χ2v) is 13.6. The molecule has 43 heavy (non-hydrogen) atoms. The number of carbonyl (C=O) groups excluding carboxylic acids is 2.